The summed E-state index contributed by atoms with van der Waals surface area (Å²) in [6, 6.07) is 3.78. The second-order valence-corrected chi connectivity index (χ2v) is 7.48. The molecule has 0 bridgehead atoms. The van der Waals surface area contributed by atoms with Crippen LogP contribution in [-0.4, -0.2) is 59.9 Å². The molecule has 0 spiro atoms. The lowest BCUT2D eigenvalue weighted by atomic mass is 10.2. The summed E-state index contributed by atoms with van der Waals surface area (Å²) >= 11 is 6.96. The minimum absolute atomic E-state index is 0.0376. The Morgan fingerprint density at radius 1 is 1.26 bits per heavy atom. The second kappa shape index (κ2) is 8.64. The van der Waals surface area contributed by atoms with Gasteiger partial charge in [0, 0.05) is 37.2 Å². The minimum atomic E-state index is -0.546. The Morgan fingerprint density at radius 2 is 2.00 bits per heavy atom. The smallest absolute Gasteiger partial charge is 0.323 e. The maximum atomic E-state index is 13.2. The topological polar surface area (TPSA) is 77.6 Å². The zero-order valence-corrected chi connectivity index (χ0v) is 16.2. The molecule has 2 heterocycles. The Morgan fingerprint density at radius 3 is 2.70 bits per heavy atom. The Labute approximate surface area is 165 Å². The lowest BCUT2D eigenvalue weighted by molar-refractivity contribution is -0.115. The van der Waals surface area contributed by atoms with Crippen LogP contribution in [0.25, 0.3) is 0 Å². The number of rotatable bonds is 4. The molecule has 0 radical (unpaired) electrons. The summed E-state index contributed by atoms with van der Waals surface area (Å²) in [6.07, 6.45) is 0.0376. The van der Waals surface area contributed by atoms with Crippen LogP contribution in [-0.2, 0) is 11.2 Å². The molecule has 1 aromatic heterocycles. The quantitative estimate of drug-likeness (QED) is 0.811. The normalized spacial score (nSPS) is 14.9. The van der Waals surface area contributed by atoms with Crippen LogP contribution < -0.4 is 10.6 Å². The van der Waals surface area contributed by atoms with Gasteiger partial charge in [-0.2, -0.15) is 0 Å². The van der Waals surface area contributed by atoms with E-state index in [9.17, 15) is 14.0 Å². The number of thiazole rings is 1. The van der Waals surface area contributed by atoms with Gasteiger partial charge in [0.25, 0.3) is 0 Å². The summed E-state index contributed by atoms with van der Waals surface area (Å²) < 4.78 is 13.2. The maximum absolute atomic E-state index is 13.2. The Kier molecular flexibility index (Phi) is 6.25. The number of urea groups is 1. The van der Waals surface area contributed by atoms with Crippen LogP contribution in [0.1, 0.15) is 5.69 Å². The molecule has 1 aliphatic heterocycles. The van der Waals surface area contributed by atoms with Crippen molar-refractivity contribution in [3.63, 3.8) is 0 Å². The summed E-state index contributed by atoms with van der Waals surface area (Å²) in [7, 11) is 2.02. The number of nitrogens with zero attached hydrogens (tertiary/aromatic N) is 3. The number of piperazine rings is 1. The van der Waals surface area contributed by atoms with Gasteiger partial charge in [-0.1, -0.05) is 11.6 Å². The van der Waals surface area contributed by atoms with E-state index in [0.29, 0.717) is 29.6 Å². The maximum Gasteiger partial charge on any atom is 0.323 e. The van der Waals surface area contributed by atoms with Gasteiger partial charge in [0.15, 0.2) is 5.13 Å². The average molecular weight is 412 g/mol. The molecular weight excluding hydrogens is 393 g/mol. The lowest BCUT2D eigenvalue weighted by Gasteiger charge is -2.32. The summed E-state index contributed by atoms with van der Waals surface area (Å²) in [5, 5.41) is 7.52. The number of benzene rings is 1. The van der Waals surface area contributed by atoms with Gasteiger partial charge >= 0.3 is 6.03 Å². The van der Waals surface area contributed by atoms with Gasteiger partial charge in [-0.25, -0.2) is 14.2 Å². The number of likely N-dealkylation sites (N-methyl/N-ethyl adjacent to an activating group) is 1. The number of anilines is 2. The largest absolute Gasteiger partial charge is 0.326 e. The first-order valence-corrected chi connectivity index (χ1v) is 9.60. The van der Waals surface area contributed by atoms with Crippen LogP contribution >= 0.6 is 22.9 Å². The van der Waals surface area contributed by atoms with Gasteiger partial charge in [0.05, 0.1) is 17.1 Å². The predicted molar refractivity (Wildman–Crippen MR) is 104 cm³/mol. The Bertz CT molecular complexity index is 838. The molecule has 0 atom stereocenters. The van der Waals surface area contributed by atoms with Gasteiger partial charge in [0.2, 0.25) is 5.91 Å². The number of halogens is 2. The zero-order chi connectivity index (χ0) is 19.4. The molecule has 10 heteroatoms. The van der Waals surface area contributed by atoms with Crippen LogP contribution in [0.2, 0.25) is 5.02 Å². The van der Waals surface area contributed by atoms with E-state index in [1.165, 1.54) is 29.5 Å². The second-order valence-electron chi connectivity index (χ2n) is 6.22. The van der Waals surface area contributed by atoms with Crippen molar-refractivity contribution >= 4 is 45.7 Å². The number of carbonyl (C=O) groups excluding carboxylic acids is 2. The van der Waals surface area contributed by atoms with Crippen molar-refractivity contribution in [3.8, 4) is 0 Å². The zero-order valence-electron chi connectivity index (χ0n) is 14.7. The first-order chi connectivity index (χ1) is 12.9. The van der Waals surface area contributed by atoms with Crippen molar-refractivity contribution in [2.24, 2.45) is 0 Å². The summed E-state index contributed by atoms with van der Waals surface area (Å²) in [6.45, 7) is 3.01. The number of amides is 3. The van der Waals surface area contributed by atoms with Crippen molar-refractivity contribution in [3.05, 3.63) is 40.1 Å². The van der Waals surface area contributed by atoms with E-state index in [0.717, 1.165) is 13.1 Å². The minimum Gasteiger partial charge on any atom is -0.326 e. The van der Waals surface area contributed by atoms with Gasteiger partial charge in [-0.3, -0.25) is 10.1 Å². The lowest BCUT2D eigenvalue weighted by Crippen LogP contribution is -2.48. The van der Waals surface area contributed by atoms with E-state index in [1.54, 1.807) is 10.3 Å². The molecule has 1 aromatic carbocycles. The van der Waals surface area contributed by atoms with Crippen molar-refractivity contribution in [2.75, 3.05) is 43.9 Å². The van der Waals surface area contributed by atoms with Crippen molar-refractivity contribution in [1.29, 1.82) is 0 Å². The third kappa shape index (κ3) is 5.38. The molecule has 2 N–H and O–H groups in total. The Hall–Kier alpha value is -2.23. The van der Waals surface area contributed by atoms with Crippen LogP contribution in [0.3, 0.4) is 0 Å². The van der Waals surface area contributed by atoms with Gasteiger partial charge in [0.1, 0.15) is 5.82 Å². The predicted octanol–water partition coefficient (Wildman–Crippen LogP) is 2.90. The van der Waals surface area contributed by atoms with Crippen molar-refractivity contribution in [1.82, 2.24) is 14.8 Å². The van der Waals surface area contributed by atoms with Crippen LogP contribution in [0.5, 0.6) is 0 Å². The highest BCUT2D eigenvalue weighted by Gasteiger charge is 2.20. The average Bonchev–Trinajstić information content (AvgIpc) is 3.05. The number of aromatic nitrogens is 1. The van der Waals surface area contributed by atoms with Gasteiger partial charge in [-0.05, 0) is 25.2 Å². The van der Waals surface area contributed by atoms with E-state index in [2.05, 4.69) is 20.5 Å². The monoisotopic (exact) mass is 411 g/mol. The summed E-state index contributed by atoms with van der Waals surface area (Å²) in [5.41, 5.74) is 0.949. The van der Waals surface area contributed by atoms with E-state index in [-0.39, 0.29) is 23.4 Å². The molecule has 144 valence electrons. The molecule has 0 aliphatic carbocycles. The van der Waals surface area contributed by atoms with E-state index in [1.807, 2.05) is 7.05 Å². The van der Waals surface area contributed by atoms with Crippen LogP contribution in [0.4, 0.5) is 20.0 Å². The molecule has 7 nitrogen and oxygen atoms in total. The van der Waals surface area contributed by atoms with Crippen LogP contribution in [0, 0.1) is 5.82 Å². The van der Waals surface area contributed by atoms with E-state index < -0.39 is 5.82 Å². The fraction of sp³-hybridized carbons (Fsp3) is 0.353. The molecule has 1 saturated heterocycles. The Balaban J connectivity index is 1.52. The molecule has 1 fully saturated rings. The molecule has 0 unspecified atom stereocenters. The highest BCUT2D eigenvalue weighted by atomic mass is 35.5. The number of hydrogen-bond donors (Lipinski definition) is 2. The molecule has 2 aromatic rings. The molecular formula is C17H19ClFN5O2S. The molecule has 3 rings (SSSR count). The molecule has 0 saturated carbocycles. The standard InChI is InChI=1S/C17H19ClFN5O2S/c1-23-4-6-24(7-5-23)17(26)22-16-21-12(10-27-16)9-15(25)20-11-2-3-14(19)13(18)8-11/h2-3,8,10H,4-7,9H2,1H3,(H,20,25)(H,21,22,26). The van der Waals surface area contributed by atoms with E-state index >= 15 is 0 Å². The van der Waals surface area contributed by atoms with Crippen LogP contribution in [0.15, 0.2) is 23.6 Å². The van der Waals surface area contributed by atoms with E-state index in [4.69, 9.17) is 11.6 Å². The third-order valence-electron chi connectivity index (χ3n) is 4.10. The van der Waals surface area contributed by atoms with Gasteiger partial charge in [-0.15, -0.1) is 11.3 Å². The summed E-state index contributed by atoms with van der Waals surface area (Å²) in [5.74, 6) is -0.852. The number of nitrogens with one attached hydrogen (secondary N) is 2. The van der Waals surface area contributed by atoms with Crippen molar-refractivity contribution in [2.45, 2.75) is 6.42 Å². The highest BCUT2D eigenvalue weighted by Crippen LogP contribution is 2.20. The number of hydrogen-bond acceptors (Lipinski definition) is 5. The highest BCUT2D eigenvalue weighted by molar-refractivity contribution is 7.13. The molecule has 1 aliphatic rings. The molecule has 27 heavy (non-hydrogen) atoms. The van der Waals surface area contributed by atoms with Gasteiger partial charge < -0.3 is 15.1 Å². The SMILES string of the molecule is CN1CCN(C(=O)Nc2nc(CC(=O)Nc3ccc(F)c(Cl)c3)cs2)CC1. The van der Waals surface area contributed by atoms with Crippen molar-refractivity contribution < 1.29 is 14.0 Å². The first kappa shape index (κ1) is 19.5. The number of carbonyl (C=O) groups is 2. The fourth-order valence-corrected chi connectivity index (χ4v) is 3.45. The third-order valence-corrected chi connectivity index (χ3v) is 5.20. The summed E-state index contributed by atoms with van der Waals surface area (Å²) in [4.78, 5) is 32.5. The molecule has 3 amide bonds. The fourth-order valence-electron chi connectivity index (χ4n) is 2.57. The first-order valence-electron chi connectivity index (χ1n) is 8.34.